The van der Waals surface area contributed by atoms with Crippen molar-refractivity contribution in [3.05, 3.63) is 42.7 Å². The molecule has 39 heavy (non-hydrogen) atoms. The molecule has 1 aromatic carbocycles. The maximum Gasteiger partial charge on any atom is 0.462 e. The van der Waals surface area contributed by atoms with Crippen LogP contribution in [0.3, 0.4) is 0 Å². The van der Waals surface area contributed by atoms with Crippen LogP contribution < -0.4 is 19.7 Å². The van der Waals surface area contributed by atoms with Gasteiger partial charge in [-0.15, -0.1) is 0 Å². The fourth-order valence-corrected chi connectivity index (χ4v) is 6.68. The van der Waals surface area contributed by atoms with Crippen LogP contribution in [0.5, 0.6) is 17.4 Å². The summed E-state index contributed by atoms with van der Waals surface area (Å²) in [5, 5.41) is 9.73. The Labute approximate surface area is 226 Å². The van der Waals surface area contributed by atoms with Gasteiger partial charge in [-0.1, -0.05) is 18.2 Å². The van der Waals surface area contributed by atoms with E-state index in [2.05, 4.69) is 15.0 Å². The van der Waals surface area contributed by atoms with Crippen LogP contribution in [0.1, 0.15) is 33.2 Å². The van der Waals surface area contributed by atoms with Crippen molar-refractivity contribution in [1.82, 2.24) is 24.2 Å². The first-order chi connectivity index (χ1) is 18.6. The number of hydrogen-bond acceptors (Lipinski definition) is 10. The second-order valence-corrected chi connectivity index (χ2v) is 11.2. The molecule has 2 aromatic heterocycles. The first kappa shape index (κ1) is 28.3. The lowest BCUT2D eigenvalue weighted by Gasteiger charge is -2.35. The van der Waals surface area contributed by atoms with Gasteiger partial charge in [0.05, 0.1) is 33.2 Å². The molecular weight excluding hydrogens is 527 g/mol. The summed E-state index contributed by atoms with van der Waals surface area (Å²) in [7, 11) is -1.15. The first-order valence-electron chi connectivity index (χ1n) is 12.4. The number of carboxylic acid groups (broad SMARTS) is 1. The maximum atomic E-state index is 14.3. The van der Waals surface area contributed by atoms with Crippen molar-refractivity contribution in [2.45, 2.75) is 45.3 Å². The second kappa shape index (κ2) is 11.6. The van der Waals surface area contributed by atoms with E-state index >= 15 is 0 Å². The normalized spacial score (nSPS) is 19.4. The minimum atomic E-state index is -4.15. The van der Waals surface area contributed by atoms with Gasteiger partial charge in [0, 0.05) is 18.0 Å². The summed E-state index contributed by atoms with van der Waals surface area (Å²) < 4.78 is 39.9. The summed E-state index contributed by atoms with van der Waals surface area (Å²) in [6.07, 6.45) is 6.17. The number of imidazole rings is 1. The molecule has 14 heteroatoms. The van der Waals surface area contributed by atoms with Gasteiger partial charge in [-0.05, 0) is 39.3 Å². The molecule has 3 aromatic rings. The van der Waals surface area contributed by atoms with Crippen molar-refractivity contribution in [1.29, 1.82) is 0 Å². The standard InChI is InChI=1S/C25H33N6O7P/c1-15(2)31(16(3)24(32)33)39(34,38-20-8-6-7-19(12-20)35-4)37-13-17-9-10-18(11-17)30-14-27-21-22(30)28-25(26)29-23(21)36-5/h6-10,12,14-18H,11,13H2,1-5H3,(H,32,33)(H2,26,28,29)/t16?,17-,18+,39?/m1/s1. The predicted octanol–water partition coefficient (Wildman–Crippen LogP) is 3.93. The third-order valence-electron chi connectivity index (χ3n) is 6.39. The Kier molecular flexibility index (Phi) is 8.43. The van der Waals surface area contributed by atoms with E-state index in [1.54, 1.807) is 44.4 Å². The number of nitrogens with two attached hydrogens (primary N) is 1. The number of benzene rings is 1. The van der Waals surface area contributed by atoms with E-state index in [1.807, 2.05) is 16.7 Å². The van der Waals surface area contributed by atoms with Crippen LogP contribution in [0.4, 0.5) is 5.95 Å². The monoisotopic (exact) mass is 560 g/mol. The molecule has 4 atom stereocenters. The highest BCUT2D eigenvalue weighted by molar-refractivity contribution is 7.51. The van der Waals surface area contributed by atoms with Gasteiger partial charge in [0.1, 0.15) is 17.5 Å². The molecule has 0 fully saturated rings. The number of anilines is 1. The lowest BCUT2D eigenvalue weighted by atomic mass is 10.1. The molecule has 0 radical (unpaired) electrons. The largest absolute Gasteiger partial charge is 0.497 e. The molecule has 0 saturated carbocycles. The van der Waals surface area contributed by atoms with E-state index in [4.69, 9.17) is 24.3 Å². The summed E-state index contributed by atoms with van der Waals surface area (Å²) in [4.78, 5) is 24.7. The number of fused-ring (bicyclic) bond motifs is 1. The summed E-state index contributed by atoms with van der Waals surface area (Å²) >= 11 is 0. The number of aromatic nitrogens is 4. The summed E-state index contributed by atoms with van der Waals surface area (Å²) in [5.74, 6) is -0.209. The van der Waals surface area contributed by atoms with E-state index in [0.717, 1.165) is 0 Å². The van der Waals surface area contributed by atoms with Crippen molar-refractivity contribution < 1.29 is 33.0 Å². The van der Waals surface area contributed by atoms with Gasteiger partial charge < -0.3 is 29.4 Å². The van der Waals surface area contributed by atoms with E-state index < -0.39 is 25.8 Å². The average molecular weight is 561 g/mol. The molecular formula is C25H33N6O7P. The fourth-order valence-electron chi connectivity index (χ4n) is 4.55. The maximum absolute atomic E-state index is 14.3. The quantitative estimate of drug-likeness (QED) is 0.243. The summed E-state index contributed by atoms with van der Waals surface area (Å²) in [5.41, 5.74) is 6.87. The molecule has 0 spiro atoms. The van der Waals surface area contributed by atoms with Crippen molar-refractivity contribution in [2.75, 3.05) is 26.6 Å². The van der Waals surface area contributed by atoms with E-state index in [9.17, 15) is 14.5 Å². The average Bonchev–Trinajstić information content (AvgIpc) is 3.53. The number of aliphatic carboxylic acids is 1. The van der Waals surface area contributed by atoms with E-state index in [1.165, 1.54) is 25.8 Å². The van der Waals surface area contributed by atoms with Gasteiger partial charge in [0.2, 0.25) is 11.8 Å². The smallest absolute Gasteiger partial charge is 0.462 e. The summed E-state index contributed by atoms with van der Waals surface area (Å²) in [6, 6.07) is 4.86. The first-order valence-corrected chi connectivity index (χ1v) is 13.9. The SMILES string of the molecule is COc1cccc(OP(=O)(OC[C@@H]2C=C[C@H](n3cnc4c(OC)nc(N)nc43)C2)N(C(C)C)C(C)C(=O)O)c1. The third-order valence-corrected chi connectivity index (χ3v) is 8.68. The molecule has 1 aliphatic rings. The van der Waals surface area contributed by atoms with Crippen LogP contribution in [0, 0.1) is 5.92 Å². The van der Waals surface area contributed by atoms with Gasteiger partial charge in [-0.2, -0.15) is 14.6 Å². The molecule has 4 rings (SSSR count). The van der Waals surface area contributed by atoms with Gasteiger partial charge in [0.15, 0.2) is 11.2 Å². The molecule has 1 aliphatic carbocycles. The van der Waals surface area contributed by atoms with Crippen molar-refractivity contribution in [3.8, 4) is 17.4 Å². The van der Waals surface area contributed by atoms with Crippen molar-refractivity contribution >= 4 is 30.8 Å². The molecule has 0 saturated heterocycles. The molecule has 0 amide bonds. The van der Waals surface area contributed by atoms with Gasteiger partial charge in [0.25, 0.3) is 0 Å². The van der Waals surface area contributed by atoms with Gasteiger partial charge >= 0.3 is 13.7 Å². The van der Waals surface area contributed by atoms with E-state index in [-0.39, 0.29) is 36.1 Å². The predicted molar refractivity (Wildman–Crippen MR) is 144 cm³/mol. The number of nitrogen functional groups attached to an aromatic ring is 1. The Bertz CT molecular complexity index is 1410. The minimum Gasteiger partial charge on any atom is -0.497 e. The third kappa shape index (κ3) is 6.00. The number of nitrogens with zero attached hydrogens (tertiary/aromatic N) is 5. The lowest BCUT2D eigenvalue weighted by molar-refractivity contribution is -0.141. The Morgan fingerprint density at radius 2 is 1.95 bits per heavy atom. The molecule has 13 nitrogen and oxygen atoms in total. The molecule has 3 N–H and O–H groups in total. The van der Waals surface area contributed by atoms with Crippen molar-refractivity contribution in [3.63, 3.8) is 0 Å². The van der Waals surface area contributed by atoms with E-state index in [0.29, 0.717) is 23.3 Å². The zero-order valence-electron chi connectivity index (χ0n) is 22.4. The van der Waals surface area contributed by atoms with Crippen LogP contribution >= 0.6 is 7.75 Å². The number of ether oxygens (including phenoxy) is 2. The van der Waals surface area contributed by atoms with Crippen LogP contribution in [0.25, 0.3) is 11.2 Å². The Morgan fingerprint density at radius 1 is 1.21 bits per heavy atom. The number of carbonyl (C=O) groups is 1. The minimum absolute atomic E-state index is 0.0247. The number of allylic oxidation sites excluding steroid dienone is 1. The molecule has 2 unspecified atom stereocenters. The zero-order valence-corrected chi connectivity index (χ0v) is 23.3. The lowest BCUT2D eigenvalue weighted by Crippen LogP contribution is -2.42. The highest BCUT2D eigenvalue weighted by atomic mass is 31.2. The summed E-state index contributed by atoms with van der Waals surface area (Å²) in [6.45, 7) is 4.95. The Balaban J connectivity index is 1.56. The van der Waals surface area contributed by atoms with Crippen LogP contribution in [0.2, 0.25) is 0 Å². The van der Waals surface area contributed by atoms with Crippen molar-refractivity contribution in [2.24, 2.45) is 5.92 Å². The number of methoxy groups -OCH3 is 2. The van der Waals surface area contributed by atoms with Crippen LogP contribution in [-0.2, 0) is 13.9 Å². The number of hydrogen-bond donors (Lipinski definition) is 2. The number of rotatable bonds is 12. The molecule has 0 bridgehead atoms. The second-order valence-electron chi connectivity index (χ2n) is 9.39. The fraction of sp³-hybridized carbons (Fsp3) is 0.440. The van der Waals surface area contributed by atoms with Crippen LogP contribution in [0.15, 0.2) is 42.7 Å². The molecule has 0 aliphatic heterocycles. The highest BCUT2D eigenvalue weighted by Gasteiger charge is 2.44. The molecule has 210 valence electrons. The van der Waals surface area contributed by atoms with Gasteiger partial charge in [-0.25, -0.2) is 9.55 Å². The zero-order chi connectivity index (χ0) is 28.3. The van der Waals surface area contributed by atoms with Gasteiger partial charge in [-0.3, -0.25) is 9.32 Å². The topological polar surface area (TPSA) is 164 Å². The highest BCUT2D eigenvalue weighted by Crippen LogP contribution is 2.55. The Hall–Kier alpha value is -3.67. The number of carboxylic acids is 1. The Morgan fingerprint density at radius 3 is 2.62 bits per heavy atom. The van der Waals surface area contributed by atoms with Crippen LogP contribution in [-0.4, -0.2) is 68.2 Å². The molecule has 2 heterocycles.